The van der Waals surface area contributed by atoms with Gasteiger partial charge in [0.25, 0.3) is 0 Å². The number of hydrogen-bond donors (Lipinski definition) is 1. The molecule has 1 atom stereocenters. The lowest BCUT2D eigenvalue weighted by molar-refractivity contribution is -0.133. The first-order valence-corrected chi connectivity index (χ1v) is 11.6. The van der Waals surface area contributed by atoms with Crippen LogP contribution in [0.1, 0.15) is 51.5 Å². The van der Waals surface area contributed by atoms with Crippen LogP contribution in [-0.2, 0) is 9.59 Å². The molecule has 7 heteroatoms. The maximum Gasteiger partial charge on any atom is 0.246 e. The van der Waals surface area contributed by atoms with Gasteiger partial charge in [0, 0.05) is 38.2 Å². The van der Waals surface area contributed by atoms with Crippen molar-refractivity contribution in [3.8, 4) is 0 Å². The average Bonchev–Trinajstić information content (AvgIpc) is 2.92. The topological polar surface area (TPSA) is 52.6 Å². The van der Waals surface area contributed by atoms with Crippen LogP contribution in [0.15, 0.2) is 24.3 Å². The number of amides is 2. The number of benzene rings is 1. The van der Waals surface area contributed by atoms with Gasteiger partial charge in [-0.25, -0.2) is 0 Å². The van der Waals surface area contributed by atoms with Crippen molar-refractivity contribution in [1.29, 1.82) is 0 Å². The predicted molar refractivity (Wildman–Crippen MR) is 122 cm³/mol. The van der Waals surface area contributed by atoms with Crippen LogP contribution < -0.4 is 5.32 Å². The van der Waals surface area contributed by atoms with Gasteiger partial charge in [0.1, 0.15) is 0 Å². The molecule has 3 rings (SSSR count). The maximum atomic E-state index is 12.7. The Balaban J connectivity index is 1.54. The molecule has 1 saturated heterocycles. The molecule has 1 saturated carbocycles. The van der Waals surface area contributed by atoms with Crippen molar-refractivity contribution in [2.24, 2.45) is 5.92 Å². The molecule has 1 N–H and O–H groups in total. The summed E-state index contributed by atoms with van der Waals surface area (Å²) in [6.45, 7) is 5.87. The van der Waals surface area contributed by atoms with Crippen LogP contribution in [0.4, 0.5) is 0 Å². The van der Waals surface area contributed by atoms with E-state index in [9.17, 15) is 9.59 Å². The fraction of sp³-hybridized carbons (Fsp3) is 0.565. The first-order chi connectivity index (χ1) is 14.3. The van der Waals surface area contributed by atoms with Crippen LogP contribution in [-0.4, -0.2) is 53.5 Å². The third-order valence-corrected chi connectivity index (χ3v) is 6.90. The highest BCUT2D eigenvalue weighted by atomic mass is 35.5. The second kappa shape index (κ2) is 10.7. The number of halogens is 2. The van der Waals surface area contributed by atoms with Crippen molar-refractivity contribution in [1.82, 2.24) is 15.1 Å². The molecular weight excluding hydrogens is 421 g/mol. The lowest BCUT2D eigenvalue weighted by Crippen LogP contribution is -2.51. The second-order valence-corrected chi connectivity index (χ2v) is 9.28. The zero-order valence-corrected chi connectivity index (χ0v) is 19.3. The molecule has 2 aliphatic rings. The summed E-state index contributed by atoms with van der Waals surface area (Å²) in [5.41, 5.74) is 0.810. The van der Waals surface area contributed by atoms with E-state index >= 15 is 0 Å². The molecule has 164 valence electrons. The fourth-order valence-electron chi connectivity index (χ4n) is 4.22. The van der Waals surface area contributed by atoms with Gasteiger partial charge in [-0.1, -0.05) is 36.2 Å². The van der Waals surface area contributed by atoms with Crippen molar-refractivity contribution in [3.63, 3.8) is 0 Å². The van der Waals surface area contributed by atoms with Crippen molar-refractivity contribution in [3.05, 3.63) is 39.9 Å². The smallest absolute Gasteiger partial charge is 0.246 e. The Morgan fingerprint density at radius 2 is 1.87 bits per heavy atom. The van der Waals surface area contributed by atoms with E-state index in [1.54, 1.807) is 23.1 Å². The Hall–Kier alpha value is -1.56. The Bertz CT molecular complexity index is 791. The van der Waals surface area contributed by atoms with Gasteiger partial charge in [-0.2, -0.15) is 0 Å². The summed E-state index contributed by atoms with van der Waals surface area (Å²) in [5.74, 6) is 0.801. The third-order valence-electron chi connectivity index (χ3n) is 6.16. The summed E-state index contributed by atoms with van der Waals surface area (Å²) in [6.07, 6.45) is 8.40. The van der Waals surface area contributed by atoms with Crippen molar-refractivity contribution in [2.75, 3.05) is 19.6 Å². The summed E-state index contributed by atoms with van der Waals surface area (Å²) in [7, 11) is 0. The molecule has 1 aromatic rings. The fourth-order valence-corrected chi connectivity index (χ4v) is 4.52. The maximum absolute atomic E-state index is 12.7. The highest BCUT2D eigenvalue weighted by molar-refractivity contribution is 6.42. The lowest BCUT2D eigenvalue weighted by atomic mass is 9.87. The predicted octanol–water partition coefficient (Wildman–Crippen LogP) is 4.58. The highest BCUT2D eigenvalue weighted by Gasteiger charge is 2.28. The molecule has 30 heavy (non-hydrogen) atoms. The van der Waals surface area contributed by atoms with Gasteiger partial charge in [-0.3, -0.25) is 14.9 Å². The molecule has 1 aromatic carbocycles. The number of nitrogens with zero attached hydrogens (tertiary/aromatic N) is 2. The second-order valence-electron chi connectivity index (χ2n) is 8.47. The van der Waals surface area contributed by atoms with E-state index in [1.165, 1.54) is 18.9 Å². The van der Waals surface area contributed by atoms with Crippen LogP contribution in [0.3, 0.4) is 0 Å². The zero-order chi connectivity index (χ0) is 21.7. The van der Waals surface area contributed by atoms with E-state index in [0.717, 1.165) is 24.3 Å². The Morgan fingerprint density at radius 3 is 2.57 bits per heavy atom. The van der Waals surface area contributed by atoms with Crippen molar-refractivity contribution >= 4 is 41.1 Å². The van der Waals surface area contributed by atoms with E-state index < -0.39 is 0 Å². The van der Waals surface area contributed by atoms with Crippen molar-refractivity contribution in [2.45, 2.75) is 58.2 Å². The van der Waals surface area contributed by atoms with Gasteiger partial charge >= 0.3 is 0 Å². The van der Waals surface area contributed by atoms with E-state index in [4.69, 9.17) is 23.2 Å². The van der Waals surface area contributed by atoms with E-state index in [2.05, 4.69) is 19.2 Å². The van der Waals surface area contributed by atoms with Crippen LogP contribution in [0.25, 0.3) is 6.08 Å². The number of nitrogens with one attached hydrogen (secondary N) is 1. The first kappa shape index (κ1) is 23.1. The number of carbonyl (C=O) groups excluding carboxylic acids is 2. The normalized spacial score (nSPS) is 24.2. The monoisotopic (exact) mass is 451 g/mol. The summed E-state index contributed by atoms with van der Waals surface area (Å²) >= 11 is 12.0. The highest BCUT2D eigenvalue weighted by Crippen LogP contribution is 2.25. The molecule has 0 radical (unpaired) electrons. The van der Waals surface area contributed by atoms with Crippen LogP contribution in [0, 0.1) is 5.92 Å². The summed E-state index contributed by atoms with van der Waals surface area (Å²) in [6, 6.07) is 5.71. The van der Waals surface area contributed by atoms with Gasteiger partial charge < -0.3 is 9.80 Å². The number of rotatable bonds is 5. The zero-order valence-electron chi connectivity index (χ0n) is 17.7. The minimum atomic E-state index is -0.0994. The van der Waals surface area contributed by atoms with Crippen LogP contribution in [0.5, 0.6) is 0 Å². The van der Waals surface area contributed by atoms with Gasteiger partial charge in [0.15, 0.2) is 0 Å². The molecule has 0 spiro atoms. The minimum absolute atomic E-state index is 0.0160. The van der Waals surface area contributed by atoms with Gasteiger partial charge in [-0.05, 0) is 62.3 Å². The molecule has 0 bridgehead atoms. The number of carbonyl (C=O) groups is 2. The lowest BCUT2D eigenvalue weighted by Gasteiger charge is -2.35. The van der Waals surface area contributed by atoms with E-state index in [0.29, 0.717) is 42.1 Å². The number of hydrogen-bond acceptors (Lipinski definition) is 3. The first-order valence-electron chi connectivity index (χ1n) is 10.8. The summed E-state index contributed by atoms with van der Waals surface area (Å²) in [5, 5.41) is 4.57. The molecule has 1 aliphatic carbocycles. The van der Waals surface area contributed by atoms with Gasteiger partial charge in [-0.15, -0.1) is 0 Å². The van der Waals surface area contributed by atoms with Crippen LogP contribution >= 0.6 is 23.2 Å². The van der Waals surface area contributed by atoms with Gasteiger partial charge in [0.2, 0.25) is 11.8 Å². The molecule has 1 aliphatic heterocycles. The largest absolute Gasteiger partial charge is 0.337 e. The SMILES string of the molecule is CC1CCC(NC(C)N2CCN(C(=O)/C=C/c3ccc(Cl)c(Cl)c3)CCC2=O)CC1. The molecule has 1 heterocycles. The third kappa shape index (κ3) is 6.22. The Labute approximate surface area is 189 Å². The van der Waals surface area contributed by atoms with Crippen molar-refractivity contribution < 1.29 is 9.59 Å². The molecular formula is C23H31Cl2N3O2. The minimum Gasteiger partial charge on any atom is -0.337 e. The Morgan fingerprint density at radius 1 is 1.13 bits per heavy atom. The Kier molecular flexibility index (Phi) is 8.20. The molecule has 0 aromatic heterocycles. The average molecular weight is 452 g/mol. The van der Waals surface area contributed by atoms with Gasteiger partial charge in [0.05, 0.1) is 16.2 Å². The van der Waals surface area contributed by atoms with E-state index in [-0.39, 0.29) is 18.0 Å². The summed E-state index contributed by atoms with van der Waals surface area (Å²) in [4.78, 5) is 28.9. The summed E-state index contributed by atoms with van der Waals surface area (Å²) < 4.78 is 0. The molecule has 5 nitrogen and oxygen atoms in total. The van der Waals surface area contributed by atoms with E-state index in [1.807, 2.05) is 11.0 Å². The van der Waals surface area contributed by atoms with Crippen LogP contribution in [0.2, 0.25) is 10.0 Å². The molecule has 1 unspecified atom stereocenters. The molecule has 2 amide bonds. The quantitative estimate of drug-likeness (QED) is 0.666. The molecule has 2 fully saturated rings. The standard InChI is InChI=1S/C23H31Cl2N3O2/c1-16-3-7-19(8-4-16)26-17(2)28-14-13-27(12-11-23(28)30)22(29)10-6-18-5-9-20(24)21(25)15-18/h5-6,9-10,15-17,19,26H,3-4,7-8,11-14H2,1-2H3/b10-6+.